The van der Waals surface area contributed by atoms with Gasteiger partial charge in [-0.25, -0.2) is 0 Å². The van der Waals surface area contributed by atoms with Gasteiger partial charge in [0.1, 0.15) is 0 Å². The number of hydrazone groups is 1. The summed E-state index contributed by atoms with van der Waals surface area (Å²) in [6.07, 6.45) is 7.71. The molecule has 4 heteroatoms. The standard InChI is InChI=1S/C16H24Cl2N2/c1-3-5-6-10-19-20-12-13(7-4-2)15-9-8-14(17)11-16(15)18/h8-9,11-13,19H,3-7,10H2,1-2H3. The monoisotopic (exact) mass is 314 g/mol. The number of unbranched alkanes of at least 4 members (excludes halogenated alkanes) is 2. The Morgan fingerprint density at radius 1 is 1.20 bits per heavy atom. The second kappa shape index (κ2) is 10.1. The van der Waals surface area contributed by atoms with E-state index in [4.69, 9.17) is 23.2 Å². The molecule has 0 aliphatic rings. The molecule has 1 aromatic carbocycles. The van der Waals surface area contributed by atoms with Gasteiger partial charge in [-0.05, 0) is 30.5 Å². The second-order valence-corrected chi connectivity index (χ2v) is 5.80. The van der Waals surface area contributed by atoms with Gasteiger partial charge < -0.3 is 5.43 Å². The van der Waals surface area contributed by atoms with E-state index in [9.17, 15) is 0 Å². The van der Waals surface area contributed by atoms with Crippen molar-refractivity contribution in [2.75, 3.05) is 6.54 Å². The van der Waals surface area contributed by atoms with Crippen LogP contribution < -0.4 is 5.43 Å². The van der Waals surface area contributed by atoms with E-state index in [1.807, 2.05) is 18.3 Å². The summed E-state index contributed by atoms with van der Waals surface area (Å²) >= 11 is 12.2. The number of benzene rings is 1. The molecule has 0 aromatic heterocycles. The van der Waals surface area contributed by atoms with Gasteiger partial charge in [0.2, 0.25) is 0 Å². The Kier molecular flexibility index (Phi) is 8.72. The molecule has 1 N–H and O–H groups in total. The van der Waals surface area contributed by atoms with E-state index in [2.05, 4.69) is 24.4 Å². The highest BCUT2D eigenvalue weighted by atomic mass is 35.5. The van der Waals surface area contributed by atoms with Crippen molar-refractivity contribution in [1.82, 2.24) is 5.43 Å². The number of hydrogen-bond acceptors (Lipinski definition) is 2. The fraction of sp³-hybridized carbons (Fsp3) is 0.562. The second-order valence-electron chi connectivity index (χ2n) is 4.95. The third kappa shape index (κ3) is 6.15. The average Bonchev–Trinajstić information content (AvgIpc) is 2.42. The van der Waals surface area contributed by atoms with Crippen LogP contribution in [-0.2, 0) is 0 Å². The average molecular weight is 315 g/mol. The Morgan fingerprint density at radius 3 is 2.65 bits per heavy atom. The summed E-state index contributed by atoms with van der Waals surface area (Å²) in [7, 11) is 0. The van der Waals surface area contributed by atoms with Crippen LogP contribution in [0.5, 0.6) is 0 Å². The summed E-state index contributed by atoms with van der Waals surface area (Å²) in [4.78, 5) is 0. The molecule has 1 aromatic rings. The number of nitrogens with one attached hydrogen (secondary N) is 1. The van der Waals surface area contributed by atoms with Crippen molar-refractivity contribution in [3.8, 4) is 0 Å². The first-order valence-electron chi connectivity index (χ1n) is 7.40. The molecule has 1 unspecified atom stereocenters. The molecule has 20 heavy (non-hydrogen) atoms. The van der Waals surface area contributed by atoms with Crippen LogP contribution in [-0.4, -0.2) is 12.8 Å². The fourth-order valence-corrected chi connectivity index (χ4v) is 2.63. The highest BCUT2D eigenvalue weighted by molar-refractivity contribution is 6.35. The molecular formula is C16H24Cl2N2. The zero-order valence-electron chi connectivity index (χ0n) is 12.3. The van der Waals surface area contributed by atoms with Crippen LogP contribution in [0, 0.1) is 0 Å². The van der Waals surface area contributed by atoms with E-state index >= 15 is 0 Å². The van der Waals surface area contributed by atoms with Crippen molar-refractivity contribution in [2.24, 2.45) is 5.10 Å². The van der Waals surface area contributed by atoms with Crippen LogP contribution in [0.3, 0.4) is 0 Å². The molecule has 0 radical (unpaired) electrons. The minimum Gasteiger partial charge on any atom is -0.310 e. The molecule has 0 amide bonds. The smallest absolute Gasteiger partial charge is 0.0459 e. The van der Waals surface area contributed by atoms with E-state index in [1.165, 1.54) is 12.8 Å². The predicted octanol–water partition coefficient (Wildman–Crippen LogP) is 5.64. The van der Waals surface area contributed by atoms with Crippen LogP contribution in [0.4, 0.5) is 0 Å². The molecule has 112 valence electrons. The Morgan fingerprint density at radius 2 is 2.00 bits per heavy atom. The van der Waals surface area contributed by atoms with Gasteiger partial charge in [-0.2, -0.15) is 5.10 Å². The van der Waals surface area contributed by atoms with E-state index in [-0.39, 0.29) is 5.92 Å². The van der Waals surface area contributed by atoms with Crippen LogP contribution in [0.25, 0.3) is 0 Å². The lowest BCUT2D eigenvalue weighted by Crippen LogP contribution is -2.10. The molecule has 2 nitrogen and oxygen atoms in total. The van der Waals surface area contributed by atoms with Crippen molar-refractivity contribution in [3.63, 3.8) is 0 Å². The number of hydrogen-bond donors (Lipinski definition) is 1. The Hall–Kier alpha value is -0.730. The molecule has 0 saturated carbocycles. The summed E-state index contributed by atoms with van der Waals surface area (Å²) in [5.41, 5.74) is 4.20. The first-order valence-corrected chi connectivity index (χ1v) is 8.15. The summed E-state index contributed by atoms with van der Waals surface area (Å²) in [6.45, 7) is 5.29. The molecule has 0 saturated heterocycles. The zero-order chi connectivity index (χ0) is 14.8. The summed E-state index contributed by atoms with van der Waals surface area (Å²) in [5.74, 6) is 0.239. The van der Waals surface area contributed by atoms with Crippen molar-refractivity contribution in [2.45, 2.75) is 51.9 Å². The zero-order valence-corrected chi connectivity index (χ0v) is 13.8. The van der Waals surface area contributed by atoms with Crippen molar-refractivity contribution < 1.29 is 0 Å². The van der Waals surface area contributed by atoms with Gasteiger partial charge in [0.15, 0.2) is 0 Å². The third-order valence-corrected chi connectivity index (χ3v) is 3.76. The SMILES string of the molecule is CCCCCNN=CC(CCC)c1ccc(Cl)cc1Cl. The maximum atomic E-state index is 6.27. The minimum absolute atomic E-state index is 0.239. The van der Waals surface area contributed by atoms with Gasteiger partial charge in [-0.15, -0.1) is 0 Å². The lowest BCUT2D eigenvalue weighted by atomic mass is 9.96. The molecular weight excluding hydrogens is 291 g/mol. The first-order chi connectivity index (χ1) is 9.69. The summed E-state index contributed by atoms with van der Waals surface area (Å²) in [5, 5.41) is 5.72. The molecule has 0 spiro atoms. The molecule has 0 aliphatic heterocycles. The van der Waals surface area contributed by atoms with E-state index in [0.29, 0.717) is 10.0 Å². The quantitative estimate of drug-likeness (QED) is 0.356. The van der Waals surface area contributed by atoms with Crippen molar-refractivity contribution in [1.29, 1.82) is 0 Å². The normalized spacial score (nSPS) is 12.8. The summed E-state index contributed by atoms with van der Waals surface area (Å²) in [6, 6.07) is 5.67. The largest absolute Gasteiger partial charge is 0.310 e. The van der Waals surface area contributed by atoms with Crippen LogP contribution >= 0.6 is 23.2 Å². The van der Waals surface area contributed by atoms with Gasteiger partial charge in [0, 0.05) is 28.7 Å². The van der Waals surface area contributed by atoms with Gasteiger partial charge >= 0.3 is 0 Å². The number of nitrogens with zero attached hydrogens (tertiary/aromatic N) is 1. The first kappa shape index (κ1) is 17.3. The van der Waals surface area contributed by atoms with E-state index in [0.717, 1.165) is 31.4 Å². The van der Waals surface area contributed by atoms with Crippen LogP contribution in [0.2, 0.25) is 10.0 Å². The van der Waals surface area contributed by atoms with Gasteiger partial charge in [-0.3, -0.25) is 0 Å². The molecule has 0 fully saturated rings. The van der Waals surface area contributed by atoms with Crippen molar-refractivity contribution >= 4 is 29.4 Å². The highest BCUT2D eigenvalue weighted by Gasteiger charge is 2.12. The lowest BCUT2D eigenvalue weighted by molar-refractivity contribution is 0.636. The van der Waals surface area contributed by atoms with Gasteiger partial charge in [0.05, 0.1) is 0 Å². The molecule has 0 aliphatic carbocycles. The Balaban J connectivity index is 2.61. The molecule has 0 bridgehead atoms. The van der Waals surface area contributed by atoms with Gasteiger partial charge in [0.25, 0.3) is 0 Å². The fourth-order valence-electron chi connectivity index (χ4n) is 2.08. The van der Waals surface area contributed by atoms with Crippen LogP contribution in [0.1, 0.15) is 57.4 Å². The third-order valence-electron chi connectivity index (χ3n) is 3.20. The van der Waals surface area contributed by atoms with E-state index in [1.54, 1.807) is 6.07 Å². The molecule has 0 heterocycles. The lowest BCUT2D eigenvalue weighted by Gasteiger charge is -2.13. The maximum absolute atomic E-state index is 6.27. The number of rotatable bonds is 9. The van der Waals surface area contributed by atoms with E-state index < -0.39 is 0 Å². The number of halogens is 2. The minimum atomic E-state index is 0.239. The predicted molar refractivity (Wildman–Crippen MR) is 90.1 cm³/mol. The maximum Gasteiger partial charge on any atom is 0.0459 e. The highest BCUT2D eigenvalue weighted by Crippen LogP contribution is 2.29. The Labute approximate surface area is 132 Å². The van der Waals surface area contributed by atoms with Gasteiger partial charge in [-0.1, -0.05) is 62.4 Å². The van der Waals surface area contributed by atoms with Crippen molar-refractivity contribution in [3.05, 3.63) is 33.8 Å². The molecule has 1 atom stereocenters. The Bertz CT molecular complexity index is 419. The summed E-state index contributed by atoms with van der Waals surface area (Å²) < 4.78 is 0. The molecule has 1 rings (SSSR count). The van der Waals surface area contributed by atoms with Crippen LogP contribution in [0.15, 0.2) is 23.3 Å². The topological polar surface area (TPSA) is 24.4 Å².